The molecule has 0 saturated heterocycles. The maximum absolute atomic E-state index is 6.38. The molecule has 2 heterocycles. The smallest absolute Gasteiger partial charge is 0.285 e. The van der Waals surface area contributed by atoms with E-state index in [1.807, 2.05) is 0 Å². The second-order valence-electron chi connectivity index (χ2n) is 3.70. The molecule has 0 fully saturated rings. The van der Waals surface area contributed by atoms with E-state index in [1.165, 1.54) is 20.0 Å². The summed E-state index contributed by atoms with van der Waals surface area (Å²) in [5.74, 6) is 0. The molecule has 0 amide bonds. The highest BCUT2D eigenvalue weighted by Crippen LogP contribution is 2.28. The van der Waals surface area contributed by atoms with Gasteiger partial charge in [-0.25, -0.2) is 0 Å². The second kappa shape index (κ2) is 3.94. The number of hydrogen-bond acceptors (Lipinski definition) is 0. The van der Waals surface area contributed by atoms with Crippen molar-refractivity contribution < 1.29 is 4.57 Å². The van der Waals surface area contributed by atoms with Gasteiger partial charge in [0.25, 0.3) is 5.15 Å². The summed E-state index contributed by atoms with van der Waals surface area (Å²) in [6.07, 6.45) is 4.23. The van der Waals surface area contributed by atoms with Crippen molar-refractivity contribution in [1.29, 1.82) is 0 Å². The minimum absolute atomic E-state index is 0.836. The average Bonchev–Trinajstić information content (AvgIpc) is 2.48. The average molecular weight is 336 g/mol. The van der Waals surface area contributed by atoms with E-state index in [0.717, 1.165) is 11.7 Å². The Morgan fingerprint density at radius 1 is 1.53 bits per heavy atom. The van der Waals surface area contributed by atoms with Crippen molar-refractivity contribution in [3.63, 3.8) is 0 Å². The molecular weight excluding hydrogens is 322 g/mol. The normalized spacial score (nSPS) is 11.3. The van der Waals surface area contributed by atoms with Gasteiger partial charge in [-0.05, 0) is 48.0 Å². The fourth-order valence-corrected chi connectivity index (χ4v) is 3.43. The first-order valence-electron chi connectivity index (χ1n) is 4.89. The predicted molar refractivity (Wildman–Crippen MR) is 71.3 cm³/mol. The van der Waals surface area contributed by atoms with Crippen molar-refractivity contribution in [1.82, 2.24) is 4.57 Å². The Labute approximate surface area is 108 Å². The Morgan fingerprint density at radius 3 is 2.80 bits per heavy atom. The first-order valence-corrected chi connectivity index (χ1v) is 6.35. The highest BCUT2D eigenvalue weighted by Gasteiger charge is 2.19. The van der Waals surface area contributed by atoms with Crippen molar-refractivity contribution in [2.75, 3.05) is 0 Å². The van der Waals surface area contributed by atoms with Gasteiger partial charge in [0.15, 0.2) is 6.20 Å². The lowest BCUT2D eigenvalue weighted by molar-refractivity contribution is -0.690. The van der Waals surface area contributed by atoms with Gasteiger partial charge in [0.2, 0.25) is 0 Å². The summed E-state index contributed by atoms with van der Waals surface area (Å²) in [6, 6.07) is 0. The number of halogens is 2. The first-order chi connectivity index (χ1) is 7.06. The molecule has 0 spiro atoms. The van der Waals surface area contributed by atoms with Crippen molar-refractivity contribution in [3.8, 4) is 0 Å². The van der Waals surface area contributed by atoms with Crippen LogP contribution < -0.4 is 4.57 Å². The third-order valence-electron chi connectivity index (χ3n) is 2.66. The van der Waals surface area contributed by atoms with E-state index in [2.05, 4.69) is 65.0 Å². The number of nitrogens with zero attached hydrogens (tertiary/aromatic N) is 2. The van der Waals surface area contributed by atoms with Crippen molar-refractivity contribution in [3.05, 3.63) is 26.7 Å². The van der Waals surface area contributed by atoms with E-state index in [4.69, 9.17) is 11.6 Å². The van der Waals surface area contributed by atoms with Crippen LogP contribution in [0, 0.1) is 10.5 Å². The van der Waals surface area contributed by atoms with Crippen molar-refractivity contribution >= 4 is 45.1 Å². The van der Waals surface area contributed by atoms with Gasteiger partial charge in [-0.2, -0.15) is 4.57 Å². The van der Waals surface area contributed by atoms with Gasteiger partial charge in [-0.1, -0.05) is 0 Å². The lowest BCUT2D eigenvalue weighted by Crippen LogP contribution is -2.34. The lowest BCUT2D eigenvalue weighted by atomic mass is 10.2. The molecule has 0 unspecified atom stereocenters. The third kappa shape index (κ3) is 1.65. The SMILES string of the molecule is CC[n+]1cc(C)c2c(c(I)cn2C)c1Cl. The molecule has 80 valence electrons. The van der Waals surface area contributed by atoms with Crippen LogP contribution in [0.5, 0.6) is 0 Å². The summed E-state index contributed by atoms with van der Waals surface area (Å²) in [5.41, 5.74) is 2.50. The molecule has 0 aliphatic heterocycles. The predicted octanol–water partition coefficient (Wildman–Crippen LogP) is 3.05. The summed E-state index contributed by atoms with van der Waals surface area (Å²) >= 11 is 8.71. The van der Waals surface area contributed by atoms with Crippen LogP contribution in [0.25, 0.3) is 10.9 Å². The zero-order valence-electron chi connectivity index (χ0n) is 9.01. The maximum Gasteiger partial charge on any atom is 0.285 e. The first kappa shape index (κ1) is 11.2. The Bertz CT molecular complexity index is 531. The van der Waals surface area contributed by atoms with Crippen LogP contribution >= 0.6 is 34.2 Å². The minimum Gasteiger partial charge on any atom is -0.349 e. The summed E-state index contributed by atoms with van der Waals surface area (Å²) < 4.78 is 5.43. The molecule has 2 aromatic heterocycles. The molecule has 0 aliphatic rings. The molecule has 0 atom stereocenters. The Balaban J connectivity index is 2.96. The molecule has 4 heteroatoms. The van der Waals surface area contributed by atoms with E-state index in [9.17, 15) is 0 Å². The van der Waals surface area contributed by atoms with Crippen LogP contribution in [0.3, 0.4) is 0 Å². The fourth-order valence-electron chi connectivity index (χ4n) is 1.99. The van der Waals surface area contributed by atoms with Crippen LogP contribution in [0.1, 0.15) is 12.5 Å². The number of pyridine rings is 1. The van der Waals surface area contributed by atoms with E-state index in [1.54, 1.807) is 0 Å². The summed E-state index contributed by atoms with van der Waals surface area (Å²) in [7, 11) is 2.06. The molecule has 0 radical (unpaired) electrons. The molecule has 0 bridgehead atoms. The molecule has 0 aromatic carbocycles. The fraction of sp³-hybridized carbons (Fsp3) is 0.364. The van der Waals surface area contributed by atoms with Gasteiger partial charge in [0, 0.05) is 22.4 Å². The summed E-state index contributed by atoms with van der Waals surface area (Å²) in [4.78, 5) is 0. The van der Waals surface area contributed by atoms with Crippen LogP contribution in [0.4, 0.5) is 0 Å². The van der Waals surface area contributed by atoms with Gasteiger partial charge in [-0.3, -0.25) is 0 Å². The number of aromatic nitrogens is 2. The van der Waals surface area contributed by atoms with E-state index in [-0.39, 0.29) is 0 Å². The zero-order chi connectivity index (χ0) is 11.2. The molecule has 0 saturated carbocycles. The van der Waals surface area contributed by atoms with Crippen molar-refractivity contribution in [2.45, 2.75) is 20.4 Å². The Hall–Kier alpha value is -0.290. The number of aryl methyl sites for hydroxylation is 3. The lowest BCUT2D eigenvalue weighted by Gasteiger charge is -2.02. The van der Waals surface area contributed by atoms with Crippen LogP contribution in [-0.2, 0) is 13.6 Å². The molecule has 15 heavy (non-hydrogen) atoms. The van der Waals surface area contributed by atoms with E-state index in [0.29, 0.717) is 0 Å². The van der Waals surface area contributed by atoms with Gasteiger partial charge >= 0.3 is 0 Å². The van der Waals surface area contributed by atoms with Crippen molar-refractivity contribution in [2.24, 2.45) is 7.05 Å². The molecule has 2 rings (SSSR count). The minimum atomic E-state index is 0.836. The molecule has 2 nitrogen and oxygen atoms in total. The number of fused-ring (bicyclic) bond motifs is 1. The molecule has 0 N–H and O–H groups in total. The molecule has 0 aliphatic carbocycles. The Morgan fingerprint density at radius 2 is 2.20 bits per heavy atom. The van der Waals surface area contributed by atoms with Crippen LogP contribution in [0.2, 0.25) is 5.15 Å². The van der Waals surface area contributed by atoms with Crippen LogP contribution in [-0.4, -0.2) is 4.57 Å². The Kier molecular flexibility index (Phi) is 2.94. The van der Waals surface area contributed by atoms with Gasteiger partial charge in [-0.15, -0.1) is 0 Å². The highest BCUT2D eigenvalue weighted by molar-refractivity contribution is 14.1. The summed E-state index contributed by atoms with van der Waals surface area (Å²) in [6.45, 7) is 5.13. The third-order valence-corrected chi connectivity index (χ3v) is 3.88. The van der Waals surface area contributed by atoms with Gasteiger partial charge < -0.3 is 4.57 Å². The summed E-state index contributed by atoms with van der Waals surface area (Å²) in [5, 5.41) is 2.00. The van der Waals surface area contributed by atoms with Gasteiger partial charge in [0.05, 0.1) is 10.9 Å². The zero-order valence-corrected chi connectivity index (χ0v) is 11.9. The maximum atomic E-state index is 6.38. The standard InChI is InChI=1S/C11H13ClIN2/c1-4-15-5-7(2)10-9(11(15)12)8(13)6-14(10)3/h5-6H,4H2,1-3H3/q+1. The number of hydrogen-bond donors (Lipinski definition) is 0. The second-order valence-corrected chi connectivity index (χ2v) is 5.22. The molecular formula is C11H13ClIN2+. The van der Waals surface area contributed by atoms with E-state index < -0.39 is 0 Å². The van der Waals surface area contributed by atoms with Crippen LogP contribution in [0.15, 0.2) is 12.4 Å². The quantitative estimate of drug-likeness (QED) is 0.430. The topological polar surface area (TPSA) is 8.81 Å². The highest BCUT2D eigenvalue weighted by atomic mass is 127. The molecule has 2 aromatic rings. The van der Waals surface area contributed by atoms with Gasteiger partial charge in [0.1, 0.15) is 6.54 Å². The largest absolute Gasteiger partial charge is 0.349 e. The van der Waals surface area contributed by atoms with E-state index >= 15 is 0 Å². The number of rotatable bonds is 1. The monoisotopic (exact) mass is 335 g/mol.